The van der Waals surface area contributed by atoms with E-state index < -0.39 is 0 Å². The minimum absolute atomic E-state index is 0.413. The molecule has 0 aliphatic heterocycles. The summed E-state index contributed by atoms with van der Waals surface area (Å²) in [6, 6.07) is 11.6. The van der Waals surface area contributed by atoms with Gasteiger partial charge in [-0.05, 0) is 38.3 Å². The van der Waals surface area contributed by atoms with Crippen LogP contribution in [0.5, 0.6) is 0 Å². The largest absolute Gasteiger partial charge is 0.313 e. The first-order valence-electron chi connectivity index (χ1n) is 6.58. The molecular formula is C15H23N. The fourth-order valence-corrected chi connectivity index (χ4v) is 2.86. The van der Waals surface area contributed by atoms with Gasteiger partial charge in [-0.3, -0.25) is 0 Å². The van der Waals surface area contributed by atoms with Crippen molar-refractivity contribution in [1.29, 1.82) is 0 Å². The third kappa shape index (κ3) is 2.01. The molecule has 0 saturated heterocycles. The van der Waals surface area contributed by atoms with E-state index in [4.69, 9.17) is 0 Å². The van der Waals surface area contributed by atoms with Crippen LogP contribution in [0, 0.1) is 0 Å². The lowest BCUT2D eigenvalue weighted by Crippen LogP contribution is -2.51. The van der Waals surface area contributed by atoms with Gasteiger partial charge in [0, 0.05) is 11.5 Å². The van der Waals surface area contributed by atoms with Crippen LogP contribution in [0.2, 0.25) is 0 Å². The first-order valence-corrected chi connectivity index (χ1v) is 6.58. The Hall–Kier alpha value is -0.820. The van der Waals surface area contributed by atoms with Crippen molar-refractivity contribution in [2.75, 3.05) is 6.54 Å². The van der Waals surface area contributed by atoms with E-state index in [-0.39, 0.29) is 0 Å². The normalized spacial score (nSPS) is 20.1. The summed E-state index contributed by atoms with van der Waals surface area (Å²) < 4.78 is 0. The number of hydrogen-bond donors (Lipinski definition) is 1. The first kappa shape index (κ1) is 11.7. The van der Waals surface area contributed by atoms with Crippen LogP contribution in [0.1, 0.15) is 45.1 Å². The topological polar surface area (TPSA) is 12.0 Å². The third-order valence-electron chi connectivity index (χ3n) is 4.12. The van der Waals surface area contributed by atoms with Crippen molar-refractivity contribution in [1.82, 2.24) is 5.32 Å². The summed E-state index contributed by atoms with van der Waals surface area (Å²) in [6.45, 7) is 5.72. The summed E-state index contributed by atoms with van der Waals surface area (Å²) in [5.74, 6) is 0. The second-order valence-electron chi connectivity index (χ2n) is 5.05. The van der Waals surface area contributed by atoms with E-state index in [1.165, 1.54) is 31.2 Å². The second-order valence-corrected chi connectivity index (χ2v) is 5.05. The van der Waals surface area contributed by atoms with Gasteiger partial charge in [-0.2, -0.15) is 0 Å². The van der Waals surface area contributed by atoms with Gasteiger partial charge in [0.25, 0.3) is 0 Å². The quantitative estimate of drug-likeness (QED) is 0.796. The summed E-state index contributed by atoms with van der Waals surface area (Å²) in [7, 11) is 0. The Labute approximate surface area is 99.3 Å². The first-order chi connectivity index (χ1) is 7.79. The molecule has 0 radical (unpaired) electrons. The molecule has 0 spiro atoms. The van der Waals surface area contributed by atoms with E-state index in [0.717, 1.165) is 6.54 Å². The molecule has 1 fully saturated rings. The molecule has 1 aliphatic rings. The summed E-state index contributed by atoms with van der Waals surface area (Å²) in [6.07, 6.45) is 5.28. The van der Waals surface area contributed by atoms with Crippen LogP contribution in [0.15, 0.2) is 30.3 Å². The van der Waals surface area contributed by atoms with Crippen LogP contribution < -0.4 is 5.32 Å². The van der Waals surface area contributed by atoms with Gasteiger partial charge in [0.15, 0.2) is 0 Å². The van der Waals surface area contributed by atoms with E-state index in [0.29, 0.717) is 11.5 Å². The highest BCUT2D eigenvalue weighted by molar-refractivity contribution is 5.30. The molecular weight excluding hydrogens is 194 g/mol. The van der Waals surface area contributed by atoms with Crippen molar-refractivity contribution in [3.8, 4) is 0 Å². The van der Waals surface area contributed by atoms with Gasteiger partial charge in [0.2, 0.25) is 0 Å². The number of benzene rings is 1. The maximum absolute atomic E-state index is 3.67. The van der Waals surface area contributed by atoms with Crippen molar-refractivity contribution in [2.24, 2.45) is 0 Å². The predicted octanol–water partition coefficient (Wildman–Crippen LogP) is 3.50. The van der Waals surface area contributed by atoms with E-state index in [1.54, 1.807) is 0 Å². The molecule has 0 bridgehead atoms. The Morgan fingerprint density at radius 2 is 1.94 bits per heavy atom. The average molecular weight is 217 g/mol. The predicted molar refractivity (Wildman–Crippen MR) is 69.7 cm³/mol. The van der Waals surface area contributed by atoms with Crippen molar-refractivity contribution in [2.45, 2.75) is 51.0 Å². The molecule has 1 nitrogen and oxygen atoms in total. The average Bonchev–Trinajstić information content (AvgIpc) is 2.26. The smallest absolute Gasteiger partial charge is 0.0136 e. The van der Waals surface area contributed by atoms with Crippen LogP contribution in [-0.2, 0) is 5.41 Å². The third-order valence-corrected chi connectivity index (χ3v) is 4.12. The maximum atomic E-state index is 3.67. The summed E-state index contributed by atoms with van der Waals surface area (Å²) in [4.78, 5) is 0. The van der Waals surface area contributed by atoms with Crippen molar-refractivity contribution in [3.63, 3.8) is 0 Å². The number of hydrogen-bond acceptors (Lipinski definition) is 1. The van der Waals surface area contributed by atoms with Gasteiger partial charge < -0.3 is 5.32 Å². The Kier molecular flexibility index (Phi) is 3.65. The van der Waals surface area contributed by atoms with Gasteiger partial charge in [-0.15, -0.1) is 0 Å². The summed E-state index contributed by atoms with van der Waals surface area (Å²) in [5.41, 5.74) is 1.94. The summed E-state index contributed by atoms with van der Waals surface area (Å²) >= 11 is 0. The van der Waals surface area contributed by atoms with Crippen molar-refractivity contribution >= 4 is 0 Å². The lowest BCUT2D eigenvalue weighted by Gasteiger charge is -2.47. The highest BCUT2D eigenvalue weighted by Gasteiger charge is 2.42. The van der Waals surface area contributed by atoms with Crippen LogP contribution >= 0.6 is 0 Å². The van der Waals surface area contributed by atoms with E-state index in [1.807, 2.05) is 0 Å². The van der Waals surface area contributed by atoms with E-state index >= 15 is 0 Å². The zero-order valence-corrected chi connectivity index (χ0v) is 10.5. The molecule has 1 aliphatic carbocycles. The molecule has 1 aromatic rings. The van der Waals surface area contributed by atoms with Gasteiger partial charge in [0.05, 0.1) is 0 Å². The zero-order valence-electron chi connectivity index (χ0n) is 10.5. The molecule has 1 heteroatoms. The molecule has 0 aromatic heterocycles. The van der Waals surface area contributed by atoms with Gasteiger partial charge >= 0.3 is 0 Å². The monoisotopic (exact) mass is 217 g/mol. The highest BCUT2D eigenvalue weighted by Crippen LogP contribution is 2.46. The van der Waals surface area contributed by atoms with Crippen LogP contribution in [0.25, 0.3) is 0 Å². The highest BCUT2D eigenvalue weighted by atomic mass is 14.9. The fraction of sp³-hybridized carbons (Fsp3) is 0.600. The van der Waals surface area contributed by atoms with E-state index in [9.17, 15) is 0 Å². The van der Waals surface area contributed by atoms with Crippen LogP contribution in [0.3, 0.4) is 0 Å². The van der Waals surface area contributed by atoms with Crippen molar-refractivity contribution < 1.29 is 0 Å². The maximum Gasteiger partial charge on any atom is 0.0136 e. The Morgan fingerprint density at radius 3 is 2.44 bits per heavy atom. The Morgan fingerprint density at radius 1 is 1.25 bits per heavy atom. The standard InChI is InChI=1S/C15H23N/c1-3-12-16-13(2)15(10-7-11-15)14-8-5-4-6-9-14/h4-6,8-9,13,16H,3,7,10-12H2,1-2H3. The lowest BCUT2D eigenvalue weighted by atomic mass is 9.60. The molecule has 1 N–H and O–H groups in total. The SMILES string of the molecule is CCCNC(C)C1(c2ccccc2)CCC1. The molecule has 0 amide bonds. The molecule has 1 atom stereocenters. The molecule has 88 valence electrons. The van der Waals surface area contributed by atoms with Crippen molar-refractivity contribution in [3.05, 3.63) is 35.9 Å². The van der Waals surface area contributed by atoms with Gasteiger partial charge in [0.1, 0.15) is 0 Å². The van der Waals surface area contributed by atoms with Gasteiger partial charge in [-0.25, -0.2) is 0 Å². The number of nitrogens with one attached hydrogen (secondary N) is 1. The molecule has 1 aromatic carbocycles. The molecule has 1 unspecified atom stereocenters. The molecule has 1 saturated carbocycles. The van der Waals surface area contributed by atoms with Crippen LogP contribution in [0.4, 0.5) is 0 Å². The fourth-order valence-electron chi connectivity index (χ4n) is 2.86. The Balaban J connectivity index is 2.13. The molecule has 16 heavy (non-hydrogen) atoms. The van der Waals surface area contributed by atoms with E-state index in [2.05, 4.69) is 49.5 Å². The minimum atomic E-state index is 0.413. The zero-order chi connectivity index (χ0) is 11.4. The lowest BCUT2D eigenvalue weighted by molar-refractivity contribution is 0.179. The van der Waals surface area contributed by atoms with Crippen LogP contribution in [-0.4, -0.2) is 12.6 Å². The second kappa shape index (κ2) is 5.01. The van der Waals surface area contributed by atoms with Gasteiger partial charge in [-0.1, -0.05) is 43.7 Å². The number of rotatable bonds is 5. The summed E-state index contributed by atoms with van der Waals surface area (Å²) in [5, 5.41) is 3.67. The Bertz CT molecular complexity index is 313. The molecule has 2 rings (SSSR count). The molecule has 0 heterocycles. The minimum Gasteiger partial charge on any atom is -0.313 e.